The Kier molecular flexibility index (Phi) is 9.79. The van der Waals surface area contributed by atoms with Crippen molar-refractivity contribution in [3.63, 3.8) is 0 Å². The first-order valence-electron chi connectivity index (χ1n) is 12.5. The minimum absolute atomic E-state index is 0.0370. The van der Waals surface area contributed by atoms with Gasteiger partial charge in [-0.2, -0.15) is 0 Å². The number of aliphatic imine (C=N–C) groups is 1. The number of hydrogen-bond acceptors (Lipinski definition) is 7. The number of rotatable bonds is 12. The third-order valence-corrected chi connectivity index (χ3v) is 5.64. The Labute approximate surface area is 221 Å². The van der Waals surface area contributed by atoms with Crippen LogP contribution in [-0.4, -0.2) is 60.4 Å². The monoisotopic (exact) mass is 532 g/mol. The van der Waals surface area contributed by atoms with Crippen molar-refractivity contribution in [2.24, 2.45) is 4.99 Å². The minimum Gasteiger partial charge on any atom is -0.494 e. The number of amides is 1. The molecule has 0 unspecified atom stereocenters. The standard InChI is InChI=1S/C28H34F2N2O6/c1-27(2,3)38-24(34)9-11-28(26(35)31-12-10-19-15-21(29)17-22(30)16-19)18-37-25(32-28)20-5-7-23(8-6-20)36-14-4-13-33/h5-8,15-17,33H,4,9-14,18H2,1-3H3,(H,31,35)/t28-/m1/s1. The first-order chi connectivity index (χ1) is 18.0. The number of nitrogens with zero attached hydrogens (tertiary/aromatic N) is 1. The molecule has 0 aliphatic carbocycles. The maximum atomic E-state index is 13.5. The Morgan fingerprint density at radius 2 is 1.82 bits per heavy atom. The molecule has 8 nitrogen and oxygen atoms in total. The Bertz CT molecular complexity index is 1130. The van der Waals surface area contributed by atoms with Crippen LogP contribution in [0.1, 0.15) is 51.2 Å². The van der Waals surface area contributed by atoms with Crippen LogP contribution >= 0.6 is 0 Å². The first kappa shape index (κ1) is 29.0. The molecule has 0 saturated heterocycles. The van der Waals surface area contributed by atoms with E-state index in [4.69, 9.17) is 19.3 Å². The minimum atomic E-state index is -1.38. The molecule has 10 heteroatoms. The van der Waals surface area contributed by atoms with Gasteiger partial charge in [0.2, 0.25) is 5.90 Å². The highest BCUT2D eigenvalue weighted by Crippen LogP contribution is 2.29. The molecule has 38 heavy (non-hydrogen) atoms. The summed E-state index contributed by atoms with van der Waals surface area (Å²) in [5, 5.41) is 11.7. The number of carbonyl (C=O) groups excluding carboxylic acids is 2. The summed E-state index contributed by atoms with van der Waals surface area (Å²) < 4.78 is 43.7. The molecule has 0 aromatic heterocycles. The lowest BCUT2D eigenvalue weighted by Gasteiger charge is -2.24. The maximum Gasteiger partial charge on any atom is 0.306 e. The molecule has 1 heterocycles. The fourth-order valence-corrected chi connectivity index (χ4v) is 3.84. The van der Waals surface area contributed by atoms with Gasteiger partial charge in [-0.05, 0) is 75.6 Å². The van der Waals surface area contributed by atoms with Crippen LogP contribution in [0.25, 0.3) is 0 Å². The second-order valence-corrected chi connectivity index (χ2v) is 10.1. The zero-order valence-corrected chi connectivity index (χ0v) is 21.9. The summed E-state index contributed by atoms with van der Waals surface area (Å²) in [6.07, 6.45) is 0.713. The lowest BCUT2D eigenvalue weighted by atomic mass is 9.94. The van der Waals surface area contributed by atoms with Gasteiger partial charge in [0.05, 0.1) is 6.61 Å². The van der Waals surface area contributed by atoms with Gasteiger partial charge in [0, 0.05) is 37.6 Å². The number of esters is 1. The van der Waals surface area contributed by atoms with Crippen molar-refractivity contribution in [3.8, 4) is 5.75 Å². The van der Waals surface area contributed by atoms with Crippen molar-refractivity contribution in [2.75, 3.05) is 26.4 Å². The topological polar surface area (TPSA) is 106 Å². The van der Waals surface area contributed by atoms with Gasteiger partial charge in [-0.1, -0.05) is 0 Å². The molecule has 3 rings (SSSR count). The van der Waals surface area contributed by atoms with Crippen molar-refractivity contribution < 1.29 is 37.7 Å². The fraction of sp³-hybridized carbons (Fsp3) is 0.464. The van der Waals surface area contributed by atoms with Crippen LogP contribution in [0.3, 0.4) is 0 Å². The molecule has 0 saturated carbocycles. The lowest BCUT2D eigenvalue weighted by molar-refractivity contribution is -0.155. The van der Waals surface area contributed by atoms with Crippen molar-refractivity contribution in [1.29, 1.82) is 0 Å². The van der Waals surface area contributed by atoms with Crippen LogP contribution in [0.5, 0.6) is 5.75 Å². The van der Waals surface area contributed by atoms with Crippen molar-refractivity contribution in [2.45, 2.75) is 57.6 Å². The highest BCUT2D eigenvalue weighted by atomic mass is 19.1. The van der Waals surface area contributed by atoms with Crippen LogP contribution in [-0.2, 0) is 25.5 Å². The number of halogens is 2. The molecule has 2 N–H and O–H groups in total. The second-order valence-electron chi connectivity index (χ2n) is 10.1. The van der Waals surface area contributed by atoms with Crippen LogP contribution in [0.4, 0.5) is 8.78 Å². The molecule has 1 atom stereocenters. The van der Waals surface area contributed by atoms with Crippen molar-refractivity contribution in [1.82, 2.24) is 5.32 Å². The Morgan fingerprint density at radius 3 is 2.45 bits per heavy atom. The van der Waals surface area contributed by atoms with Crippen LogP contribution in [0.2, 0.25) is 0 Å². The van der Waals surface area contributed by atoms with E-state index in [2.05, 4.69) is 10.3 Å². The van der Waals surface area contributed by atoms with Crippen LogP contribution in [0, 0.1) is 11.6 Å². The maximum absolute atomic E-state index is 13.5. The lowest BCUT2D eigenvalue weighted by Crippen LogP contribution is -2.47. The molecule has 0 radical (unpaired) electrons. The van der Waals surface area contributed by atoms with Gasteiger partial charge in [-0.15, -0.1) is 0 Å². The number of benzene rings is 2. The van der Waals surface area contributed by atoms with E-state index in [-0.39, 0.29) is 44.9 Å². The van der Waals surface area contributed by atoms with E-state index >= 15 is 0 Å². The number of nitrogens with one attached hydrogen (secondary N) is 1. The first-order valence-corrected chi connectivity index (χ1v) is 12.5. The molecular weight excluding hydrogens is 498 g/mol. The molecule has 2 aromatic rings. The summed E-state index contributed by atoms with van der Waals surface area (Å²) in [6.45, 7) is 5.72. The van der Waals surface area contributed by atoms with Gasteiger partial charge in [0.15, 0.2) is 5.54 Å². The largest absolute Gasteiger partial charge is 0.494 e. The number of carbonyl (C=O) groups is 2. The third kappa shape index (κ3) is 8.51. The SMILES string of the molecule is CC(C)(C)OC(=O)CC[C@]1(C(=O)NCCc2cc(F)cc(F)c2)COC(c2ccc(OCCCO)cc2)=N1. The summed E-state index contributed by atoms with van der Waals surface area (Å²) in [5.74, 6) is -1.45. The summed E-state index contributed by atoms with van der Waals surface area (Å²) in [6, 6.07) is 10.2. The number of aliphatic hydroxyl groups is 1. The predicted octanol–water partition coefficient (Wildman–Crippen LogP) is 3.72. The second kappa shape index (κ2) is 12.8. The van der Waals surface area contributed by atoms with Gasteiger partial charge < -0.3 is 24.6 Å². The summed E-state index contributed by atoms with van der Waals surface area (Å²) in [7, 11) is 0. The van der Waals surface area contributed by atoms with Gasteiger partial charge in [0.25, 0.3) is 5.91 Å². The number of ether oxygens (including phenoxy) is 3. The van der Waals surface area contributed by atoms with E-state index in [1.54, 1.807) is 45.0 Å². The fourth-order valence-electron chi connectivity index (χ4n) is 3.84. The van der Waals surface area contributed by atoms with E-state index in [0.29, 0.717) is 29.9 Å². The average molecular weight is 533 g/mol. The molecule has 0 spiro atoms. The zero-order chi connectivity index (χ0) is 27.8. The Morgan fingerprint density at radius 1 is 1.13 bits per heavy atom. The normalized spacial score (nSPS) is 16.9. The molecule has 0 fully saturated rings. The molecule has 1 amide bonds. The summed E-state index contributed by atoms with van der Waals surface area (Å²) in [5.41, 5.74) is -1.02. The molecule has 1 aliphatic rings. The molecule has 1 aliphatic heterocycles. The summed E-state index contributed by atoms with van der Waals surface area (Å²) >= 11 is 0. The van der Waals surface area contributed by atoms with E-state index in [0.717, 1.165) is 6.07 Å². The van der Waals surface area contributed by atoms with Crippen molar-refractivity contribution in [3.05, 3.63) is 65.2 Å². The van der Waals surface area contributed by atoms with E-state index in [1.165, 1.54) is 12.1 Å². The highest BCUT2D eigenvalue weighted by Gasteiger charge is 2.44. The van der Waals surface area contributed by atoms with Gasteiger partial charge in [-0.25, -0.2) is 13.8 Å². The smallest absolute Gasteiger partial charge is 0.306 e. The Balaban J connectivity index is 1.73. The number of aliphatic hydroxyl groups excluding tert-OH is 1. The quantitative estimate of drug-likeness (QED) is 0.319. The van der Waals surface area contributed by atoms with Gasteiger partial charge >= 0.3 is 5.97 Å². The van der Waals surface area contributed by atoms with E-state index in [1.807, 2.05) is 0 Å². The molecular formula is C28H34F2N2O6. The van der Waals surface area contributed by atoms with E-state index in [9.17, 15) is 18.4 Å². The van der Waals surface area contributed by atoms with Crippen LogP contribution < -0.4 is 10.1 Å². The molecule has 206 valence electrons. The third-order valence-electron chi connectivity index (χ3n) is 5.64. The summed E-state index contributed by atoms with van der Waals surface area (Å²) in [4.78, 5) is 30.3. The van der Waals surface area contributed by atoms with E-state index < -0.39 is 34.7 Å². The zero-order valence-electron chi connectivity index (χ0n) is 21.9. The van der Waals surface area contributed by atoms with Crippen LogP contribution in [0.15, 0.2) is 47.5 Å². The Hall–Kier alpha value is -3.53. The molecule has 2 aromatic carbocycles. The van der Waals surface area contributed by atoms with Crippen molar-refractivity contribution >= 4 is 17.8 Å². The average Bonchev–Trinajstić information content (AvgIpc) is 3.28. The van der Waals surface area contributed by atoms with Gasteiger partial charge in [-0.3, -0.25) is 9.59 Å². The van der Waals surface area contributed by atoms with Gasteiger partial charge in [0.1, 0.15) is 29.6 Å². The highest BCUT2D eigenvalue weighted by molar-refractivity contribution is 6.00. The molecule has 0 bridgehead atoms. The number of hydrogen-bond donors (Lipinski definition) is 2. The predicted molar refractivity (Wildman–Crippen MR) is 137 cm³/mol.